The maximum atomic E-state index is 12.4. The van der Waals surface area contributed by atoms with E-state index in [9.17, 15) is 19.7 Å². The molecule has 3 rings (SSSR count). The molecule has 0 radical (unpaired) electrons. The van der Waals surface area contributed by atoms with Crippen molar-refractivity contribution in [3.05, 3.63) is 80.3 Å². The van der Waals surface area contributed by atoms with E-state index in [0.717, 1.165) is 4.68 Å². The summed E-state index contributed by atoms with van der Waals surface area (Å²) >= 11 is 0. The molecular weight excluding hydrogens is 338 g/mol. The maximum absolute atomic E-state index is 12.4. The van der Waals surface area contributed by atoms with Crippen LogP contribution >= 0.6 is 0 Å². The normalized spacial score (nSPS) is 11.0. The van der Waals surface area contributed by atoms with Gasteiger partial charge >= 0.3 is 0 Å². The summed E-state index contributed by atoms with van der Waals surface area (Å²) in [7, 11) is 1.46. The molecule has 0 saturated heterocycles. The smallest absolute Gasteiger partial charge is 0.267 e. The number of nitro benzene ring substituents is 1. The van der Waals surface area contributed by atoms with Gasteiger partial charge in [-0.1, -0.05) is 30.3 Å². The van der Waals surface area contributed by atoms with Crippen molar-refractivity contribution in [1.29, 1.82) is 0 Å². The molecule has 0 bridgehead atoms. The van der Waals surface area contributed by atoms with E-state index in [1.54, 1.807) is 30.3 Å². The van der Waals surface area contributed by atoms with Gasteiger partial charge in [-0.25, -0.2) is 10.1 Å². The number of hydrogen-bond donors (Lipinski definition) is 1. The number of fused-ring (bicyclic) bond motifs is 1. The quantitative estimate of drug-likeness (QED) is 0.435. The molecule has 130 valence electrons. The molecule has 1 aromatic heterocycles. The van der Waals surface area contributed by atoms with Gasteiger partial charge in [0.2, 0.25) is 0 Å². The van der Waals surface area contributed by atoms with Crippen molar-refractivity contribution in [1.82, 2.24) is 15.2 Å². The first-order chi connectivity index (χ1) is 12.5. The van der Waals surface area contributed by atoms with Gasteiger partial charge in [0.15, 0.2) is 5.69 Å². The second-order valence-corrected chi connectivity index (χ2v) is 5.37. The van der Waals surface area contributed by atoms with Crippen LogP contribution in [0.3, 0.4) is 0 Å². The van der Waals surface area contributed by atoms with E-state index in [2.05, 4.69) is 15.6 Å². The minimum atomic E-state index is -0.599. The highest BCUT2D eigenvalue weighted by atomic mass is 16.6. The Balaban J connectivity index is 1.86. The van der Waals surface area contributed by atoms with Crippen molar-refractivity contribution >= 4 is 28.6 Å². The van der Waals surface area contributed by atoms with Gasteiger partial charge in [-0.15, -0.1) is 0 Å². The highest BCUT2D eigenvalue weighted by Gasteiger charge is 2.14. The Bertz CT molecular complexity index is 1100. The number of aryl methyl sites for hydroxylation is 1. The highest BCUT2D eigenvalue weighted by Crippen LogP contribution is 2.13. The van der Waals surface area contributed by atoms with Crippen LogP contribution in [-0.2, 0) is 7.05 Å². The third-order valence-corrected chi connectivity index (χ3v) is 3.63. The lowest BCUT2D eigenvalue weighted by Crippen LogP contribution is -2.27. The van der Waals surface area contributed by atoms with E-state index >= 15 is 0 Å². The van der Waals surface area contributed by atoms with Crippen LogP contribution in [0.15, 0.2) is 58.4 Å². The third-order valence-electron chi connectivity index (χ3n) is 3.63. The summed E-state index contributed by atoms with van der Waals surface area (Å²) in [6.07, 6.45) is 1.29. The fourth-order valence-electron chi connectivity index (χ4n) is 2.40. The number of aromatic nitrogens is 2. The van der Waals surface area contributed by atoms with Gasteiger partial charge in [-0.2, -0.15) is 10.2 Å². The minimum Gasteiger partial charge on any atom is -0.267 e. The van der Waals surface area contributed by atoms with Crippen LogP contribution in [0.1, 0.15) is 16.1 Å². The molecular formula is C17H13N5O4. The summed E-state index contributed by atoms with van der Waals surface area (Å²) in [6.45, 7) is 0. The number of rotatable bonds is 4. The number of nitro groups is 1. The molecule has 0 aliphatic rings. The first-order valence-corrected chi connectivity index (χ1v) is 7.51. The number of hydrogen-bond acceptors (Lipinski definition) is 6. The molecule has 3 aromatic rings. The molecule has 0 aliphatic heterocycles. The topological polar surface area (TPSA) is 119 Å². The number of carbonyl (C=O) groups excluding carboxylic acids is 1. The monoisotopic (exact) mass is 351 g/mol. The lowest BCUT2D eigenvalue weighted by Gasteiger charge is -2.06. The zero-order valence-electron chi connectivity index (χ0n) is 13.6. The lowest BCUT2D eigenvalue weighted by molar-refractivity contribution is -0.384. The zero-order valence-corrected chi connectivity index (χ0v) is 13.6. The average Bonchev–Trinajstić information content (AvgIpc) is 2.65. The van der Waals surface area contributed by atoms with Crippen molar-refractivity contribution in [3.63, 3.8) is 0 Å². The van der Waals surface area contributed by atoms with Crippen molar-refractivity contribution in [2.75, 3.05) is 0 Å². The molecule has 26 heavy (non-hydrogen) atoms. The second kappa shape index (κ2) is 6.93. The van der Waals surface area contributed by atoms with Crippen molar-refractivity contribution in [2.24, 2.45) is 12.1 Å². The molecule has 0 atom stereocenters. The summed E-state index contributed by atoms with van der Waals surface area (Å²) in [4.78, 5) is 34.7. The Morgan fingerprint density at radius 2 is 1.96 bits per heavy atom. The Morgan fingerprint density at radius 1 is 1.23 bits per heavy atom. The summed E-state index contributed by atoms with van der Waals surface area (Å²) in [5, 5.41) is 19.3. The minimum absolute atomic E-state index is 0.0545. The van der Waals surface area contributed by atoms with E-state index in [-0.39, 0.29) is 16.9 Å². The van der Waals surface area contributed by atoms with Gasteiger partial charge in [0.1, 0.15) is 0 Å². The summed E-state index contributed by atoms with van der Waals surface area (Å²) in [5.41, 5.74) is 2.44. The SMILES string of the molecule is Cn1nc(C(=O)N/N=C\c2cccc([N+](=O)[O-])c2)c2ccccc2c1=O. The number of amides is 1. The number of benzene rings is 2. The molecule has 0 aliphatic carbocycles. The largest absolute Gasteiger partial charge is 0.292 e. The number of hydrazone groups is 1. The van der Waals surface area contributed by atoms with Gasteiger partial charge < -0.3 is 0 Å². The summed E-state index contributed by atoms with van der Waals surface area (Å²) in [6, 6.07) is 12.5. The van der Waals surface area contributed by atoms with Crippen LogP contribution in [0.4, 0.5) is 5.69 Å². The van der Waals surface area contributed by atoms with Gasteiger partial charge in [0, 0.05) is 30.1 Å². The maximum Gasteiger partial charge on any atom is 0.292 e. The molecule has 0 fully saturated rings. The number of nitrogens with zero attached hydrogens (tertiary/aromatic N) is 4. The first-order valence-electron chi connectivity index (χ1n) is 7.51. The van der Waals surface area contributed by atoms with Crippen molar-refractivity contribution < 1.29 is 9.72 Å². The average molecular weight is 351 g/mol. The van der Waals surface area contributed by atoms with Gasteiger partial charge in [0.25, 0.3) is 17.2 Å². The predicted molar refractivity (Wildman–Crippen MR) is 95.1 cm³/mol. The lowest BCUT2D eigenvalue weighted by atomic mass is 10.1. The molecule has 1 amide bonds. The first kappa shape index (κ1) is 17.0. The van der Waals surface area contributed by atoms with Crippen LogP contribution in [-0.4, -0.2) is 26.8 Å². The molecule has 1 heterocycles. The molecule has 0 unspecified atom stereocenters. The van der Waals surface area contributed by atoms with Crippen LogP contribution in [0.5, 0.6) is 0 Å². The fraction of sp³-hybridized carbons (Fsp3) is 0.0588. The molecule has 2 aromatic carbocycles. The highest BCUT2D eigenvalue weighted by molar-refractivity contribution is 6.04. The molecule has 1 N–H and O–H groups in total. The molecule has 9 heteroatoms. The zero-order chi connectivity index (χ0) is 18.7. The molecule has 0 saturated carbocycles. The van der Waals surface area contributed by atoms with Crippen LogP contribution in [0.2, 0.25) is 0 Å². The van der Waals surface area contributed by atoms with E-state index < -0.39 is 10.8 Å². The number of carbonyl (C=O) groups is 1. The Kier molecular flexibility index (Phi) is 4.52. The van der Waals surface area contributed by atoms with Crippen molar-refractivity contribution in [3.8, 4) is 0 Å². The van der Waals surface area contributed by atoms with Gasteiger partial charge in [0.05, 0.1) is 16.5 Å². The van der Waals surface area contributed by atoms with Crippen LogP contribution < -0.4 is 11.0 Å². The second-order valence-electron chi connectivity index (χ2n) is 5.37. The summed E-state index contributed by atoms with van der Waals surface area (Å²) in [5.74, 6) is -0.599. The predicted octanol–water partition coefficient (Wildman–Crippen LogP) is 1.61. The molecule has 0 spiro atoms. The van der Waals surface area contributed by atoms with Gasteiger partial charge in [-0.3, -0.25) is 19.7 Å². The van der Waals surface area contributed by atoms with E-state index in [1.807, 2.05) is 0 Å². The standard InChI is InChI=1S/C17H13N5O4/c1-21-17(24)14-8-3-2-7-13(14)15(20-21)16(23)19-18-10-11-5-4-6-12(9-11)22(25)26/h2-10H,1H3,(H,19,23)/b18-10-. The fourth-order valence-corrected chi connectivity index (χ4v) is 2.40. The van der Waals surface area contributed by atoms with Crippen LogP contribution in [0.25, 0.3) is 10.8 Å². The van der Waals surface area contributed by atoms with Gasteiger partial charge in [-0.05, 0) is 6.07 Å². The van der Waals surface area contributed by atoms with E-state index in [4.69, 9.17) is 0 Å². The Morgan fingerprint density at radius 3 is 2.69 bits per heavy atom. The number of nitrogens with one attached hydrogen (secondary N) is 1. The number of non-ortho nitro benzene ring substituents is 1. The molecule has 9 nitrogen and oxygen atoms in total. The Labute approximate surface area is 146 Å². The van der Waals surface area contributed by atoms with Crippen molar-refractivity contribution in [2.45, 2.75) is 0 Å². The van der Waals surface area contributed by atoms with Crippen LogP contribution in [0, 0.1) is 10.1 Å². The summed E-state index contributed by atoms with van der Waals surface area (Å²) < 4.78 is 1.08. The Hall–Kier alpha value is -3.88. The van der Waals surface area contributed by atoms with E-state index in [1.165, 1.54) is 31.5 Å². The third kappa shape index (κ3) is 3.31. The van der Waals surface area contributed by atoms with E-state index in [0.29, 0.717) is 16.3 Å².